The Morgan fingerprint density at radius 1 is 1.10 bits per heavy atom. The Labute approximate surface area is 147 Å². The molecular formula is C13H31IN4O2S. The summed E-state index contributed by atoms with van der Waals surface area (Å²) in [5, 5.41) is 6.43. The van der Waals surface area contributed by atoms with Crippen LogP contribution < -0.4 is 10.6 Å². The molecular weight excluding hydrogens is 403 g/mol. The van der Waals surface area contributed by atoms with Crippen LogP contribution in [-0.2, 0) is 10.0 Å². The van der Waals surface area contributed by atoms with E-state index >= 15 is 0 Å². The second kappa shape index (κ2) is 13.6. The Hall–Kier alpha value is -0.0900. The molecule has 0 fully saturated rings. The Morgan fingerprint density at radius 3 is 2.14 bits per heavy atom. The summed E-state index contributed by atoms with van der Waals surface area (Å²) in [6.07, 6.45) is 4.30. The van der Waals surface area contributed by atoms with Crippen LogP contribution in [0.25, 0.3) is 0 Å². The van der Waals surface area contributed by atoms with Crippen molar-refractivity contribution in [2.45, 2.75) is 39.5 Å². The molecule has 0 heterocycles. The van der Waals surface area contributed by atoms with Gasteiger partial charge in [-0.25, -0.2) is 12.7 Å². The average molecular weight is 434 g/mol. The molecule has 0 radical (unpaired) electrons. The van der Waals surface area contributed by atoms with Crippen LogP contribution in [0.4, 0.5) is 0 Å². The molecule has 0 aliphatic heterocycles. The third-order valence-electron chi connectivity index (χ3n) is 3.08. The lowest BCUT2D eigenvalue weighted by atomic mass is 10.2. The maximum atomic E-state index is 11.6. The lowest BCUT2D eigenvalue weighted by Gasteiger charge is -2.16. The average Bonchev–Trinajstić information content (AvgIpc) is 2.45. The number of sulfonamides is 1. The Kier molecular flexibility index (Phi) is 15.0. The van der Waals surface area contributed by atoms with Crippen molar-refractivity contribution in [1.82, 2.24) is 14.9 Å². The third kappa shape index (κ3) is 11.2. The van der Waals surface area contributed by atoms with Crippen molar-refractivity contribution in [3.05, 3.63) is 0 Å². The summed E-state index contributed by atoms with van der Waals surface area (Å²) in [5.74, 6) is 0.930. The van der Waals surface area contributed by atoms with Gasteiger partial charge in [0.1, 0.15) is 0 Å². The SMILES string of the molecule is CCCCCNC(=NC)NCCCN(C)S(=O)(=O)CC.I. The minimum absolute atomic E-state index is 0. The predicted octanol–water partition coefficient (Wildman–Crippen LogP) is 1.63. The molecule has 0 saturated heterocycles. The number of aliphatic imine (C=N–C) groups is 1. The highest BCUT2D eigenvalue weighted by Crippen LogP contribution is 1.98. The fraction of sp³-hybridized carbons (Fsp3) is 0.923. The van der Waals surface area contributed by atoms with Crippen LogP contribution >= 0.6 is 24.0 Å². The minimum Gasteiger partial charge on any atom is -0.356 e. The first kappa shape index (κ1) is 23.2. The van der Waals surface area contributed by atoms with Gasteiger partial charge in [0, 0.05) is 33.7 Å². The van der Waals surface area contributed by atoms with E-state index in [0.717, 1.165) is 25.3 Å². The molecule has 0 unspecified atom stereocenters. The van der Waals surface area contributed by atoms with Crippen LogP contribution in [0.1, 0.15) is 39.5 Å². The normalized spacial score (nSPS) is 12.1. The zero-order chi connectivity index (χ0) is 15.4. The van der Waals surface area contributed by atoms with Crippen molar-refractivity contribution in [1.29, 1.82) is 0 Å². The van der Waals surface area contributed by atoms with Gasteiger partial charge in [0.25, 0.3) is 0 Å². The molecule has 0 spiro atoms. The summed E-state index contributed by atoms with van der Waals surface area (Å²) in [4.78, 5) is 4.13. The maximum Gasteiger partial charge on any atom is 0.213 e. The van der Waals surface area contributed by atoms with Gasteiger partial charge in [-0.2, -0.15) is 0 Å². The van der Waals surface area contributed by atoms with Gasteiger partial charge in [0.2, 0.25) is 10.0 Å². The summed E-state index contributed by atoms with van der Waals surface area (Å²) < 4.78 is 24.5. The molecule has 0 aliphatic rings. The summed E-state index contributed by atoms with van der Waals surface area (Å²) in [7, 11) is 0.295. The summed E-state index contributed by atoms with van der Waals surface area (Å²) in [6.45, 7) is 5.98. The van der Waals surface area contributed by atoms with E-state index in [9.17, 15) is 8.42 Å². The molecule has 2 N–H and O–H groups in total. The van der Waals surface area contributed by atoms with Crippen molar-refractivity contribution in [2.75, 3.05) is 39.5 Å². The molecule has 0 aromatic heterocycles. The van der Waals surface area contributed by atoms with Crippen molar-refractivity contribution < 1.29 is 8.42 Å². The highest BCUT2D eigenvalue weighted by molar-refractivity contribution is 14.0. The van der Waals surface area contributed by atoms with Crippen LogP contribution in [0.15, 0.2) is 4.99 Å². The van der Waals surface area contributed by atoms with Crippen LogP contribution in [0.5, 0.6) is 0 Å². The monoisotopic (exact) mass is 434 g/mol. The van der Waals surface area contributed by atoms with Crippen molar-refractivity contribution in [3.63, 3.8) is 0 Å². The number of halogens is 1. The van der Waals surface area contributed by atoms with Gasteiger partial charge < -0.3 is 10.6 Å². The molecule has 21 heavy (non-hydrogen) atoms. The number of guanidine groups is 1. The van der Waals surface area contributed by atoms with E-state index in [-0.39, 0.29) is 29.7 Å². The zero-order valence-electron chi connectivity index (χ0n) is 13.7. The number of hydrogen-bond donors (Lipinski definition) is 2. The zero-order valence-corrected chi connectivity index (χ0v) is 16.8. The highest BCUT2D eigenvalue weighted by Gasteiger charge is 2.13. The van der Waals surface area contributed by atoms with Gasteiger partial charge >= 0.3 is 0 Å². The van der Waals surface area contributed by atoms with E-state index in [1.54, 1.807) is 21.0 Å². The van der Waals surface area contributed by atoms with Gasteiger partial charge in [-0.15, -0.1) is 24.0 Å². The van der Waals surface area contributed by atoms with Gasteiger partial charge in [0.15, 0.2) is 5.96 Å². The van der Waals surface area contributed by atoms with Crippen molar-refractivity contribution in [2.24, 2.45) is 4.99 Å². The first-order valence-electron chi connectivity index (χ1n) is 7.36. The topological polar surface area (TPSA) is 73.8 Å². The Bertz CT molecular complexity index is 374. The number of unbranched alkanes of at least 4 members (excludes halogenated alkanes) is 2. The van der Waals surface area contributed by atoms with Gasteiger partial charge in [-0.3, -0.25) is 4.99 Å². The largest absolute Gasteiger partial charge is 0.356 e. The van der Waals surface area contributed by atoms with Crippen LogP contribution in [-0.4, -0.2) is 58.2 Å². The fourth-order valence-corrected chi connectivity index (χ4v) is 2.52. The van der Waals surface area contributed by atoms with Crippen molar-refractivity contribution in [3.8, 4) is 0 Å². The van der Waals surface area contributed by atoms with Crippen LogP contribution in [0.3, 0.4) is 0 Å². The van der Waals surface area contributed by atoms with E-state index in [4.69, 9.17) is 0 Å². The molecule has 0 saturated carbocycles. The van der Waals surface area contributed by atoms with E-state index in [1.165, 1.54) is 17.1 Å². The molecule has 128 valence electrons. The lowest BCUT2D eigenvalue weighted by molar-refractivity contribution is 0.461. The Morgan fingerprint density at radius 2 is 1.67 bits per heavy atom. The first-order chi connectivity index (χ1) is 9.47. The van der Waals surface area contributed by atoms with Gasteiger partial charge in [-0.1, -0.05) is 19.8 Å². The lowest BCUT2D eigenvalue weighted by Crippen LogP contribution is -2.39. The molecule has 8 heteroatoms. The summed E-state index contributed by atoms with van der Waals surface area (Å²) >= 11 is 0. The maximum absolute atomic E-state index is 11.6. The van der Waals surface area contributed by atoms with Crippen LogP contribution in [0, 0.1) is 0 Å². The molecule has 0 amide bonds. The quantitative estimate of drug-likeness (QED) is 0.237. The highest BCUT2D eigenvalue weighted by atomic mass is 127. The molecule has 0 aromatic carbocycles. The molecule has 0 aliphatic carbocycles. The number of nitrogens with zero attached hydrogens (tertiary/aromatic N) is 2. The Balaban J connectivity index is 0. The molecule has 0 aromatic rings. The van der Waals surface area contributed by atoms with E-state index < -0.39 is 10.0 Å². The molecule has 0 atom stereocenters. The standard InChI is InChI=1S/C13H30N4O2S.HI/c1-5-7-8-10-15-13(14-3)16-11-9-12-17(4)20(18,19)6-2;/h5-12H2,1-4H3,(H2,14,15,16);1H. The smallest absolute Gasteiger partial charge is 0.213 e. The second-order valence-electron chi connectivity index (χ2n) is 4.71. The van der Waals surface area contributed by atoms with Crippen molar-refractivity contribution >= 4 is 40.0 Å². The first-order valence-corrected chi connectivity index (χ1v) is 8.97. The number of rotatable bonds is 10. The molecule has 0 bridgehead atoms. The van der Waals surface area contributed by atoms with E-state index in [1.807, 2.05) is 0 Å². The number of nitrogens with one attached hydrogen (secondary N) is 2. The predicted molar refractivity (Wildman–Crippen MR) is 101 cm³/mol. The fourth-order valence-electron chi connectivity index (χ4n) is 1.67. The van der Waals surface area contributed by atoms with Gasteiger partial charge in [-0.05, 0) is 19.8 Å². The minimum atomic E-state index is -3.07. The molecule has 6 nitrogen and oxygen atoms in total. The summed E-state index contributed by atoms with van der Waals surface area (Å²) in [6, 6.07) is 0. The van der Waals surface area contributed by atoms with Gasteiger partial charge in [0.05, 0.1) is 5.75 Å². The number of hydrogen-bond acceptors (Lipinski definition) is 3. The second-order valence-corrected chi connectivity index (χ2v) is 7.07. The molecule has 0 rings (SSSR count). The van der Waals surface area contributed by atoms with E-state index in [0.29, 0.717) is 13.1 Å². The van der Waals surface area contributed by atoms with E-state index in [2.05, 4.69) is 22.5 Å². The summed E-state index contributed by atoms with van der Waals surface area (Å²) in [5.41, 5.74) is 0. The van der Waals surface area contributed by atoms with Crippen LogP contribution in [0.2, 0.25) is 0 Å². The third-order valence-corrected chi connectivity index (χ3v) is 4.94.